The Labute approximate surface area is 128 Å². The molecule has 0 saturated carbocycles. The third-order valence-electron chi connectivity index (χ3n) is 3.71. The average molecular weight is 323 g/mol. The van der Waals surface area contributed by atoms with E-state index < -0.39 is 9.84 Å². The molecule has 2 aromatic rings. The number of sulfone groups is 1. The van der Waals surface area contributed by atoms with Crippen LogP contribution >= 0.6 is 0 Å². The number of carbonyl (C=O) groups is 1. The number of rotatable bonds is 3. The molecule has 2 aromatic heterocycles. The van der Waals surface area contributed by atoms with Crippen molar-refractivity contribution < 1.29 is 13.2 Å². The summed E-state index contributed by atoms with van der Waals surface area (Å²) in [5, 5.41) is 11.2. The SMILES string of the molecule is Cc1nn(C)c(-n2cccn2)c1C(=O)NC1CCS(=O)(=O)C1. The van der Waals surface area contributed by atoms with E-state index in [4.69, 9.17) is 0 Å². The van der Waals surface area contributed by atoms with Gasteiger partial charge in [-0.25, -0.2) is 17.8 Å². The van der Waals surface area contributed by atoms with Gasteiger partial charge in [0.15, 0.2) is 15.7 Å². The van der Waals surface area contributed by atoms with Crippen LogP contribution in [0.5, 0.6) is 0 Å². The van der Waals surface area contributed by atoms with E-state index in [1.54, 1.807) is 41.8 Å². The van der Waals surface area contributed by atoms with Crippen LogP contribution in [0.1, 0.15) is 22.5 Å². The summed E-state index contributed by atoms with van der Waals surface area (Å²) in [5.41, 5.74) is 0.988. The van der Waals surface area contributed by atoms with Crippen molar-refractivity contribution >= 4 is 15.7 Å². The molecule has 0 aliphatic carbocycles. The van der Waals surface area contributed by atoms with Gasteiger partial charge in [-0.05, 0) is 19.4 Å². The van der Waals surface area contributed by atoms with E-state index in [9.17, 15) is 13.2 Å². The van der Waals surface area contributed by atoms with Crippen LogP contribution in [0.4, 0.5) is 0 Å². The monoisotopic (exact) mass is 323 g/mol. The van der Waals surface area contributed by atoms with Crippen LogP contribution in [0.15, 0.2) is 18.5 Å². The summed E-state index contributed by atoms with van der Waals surface area (Å²) < 4.78 is 26.2. The van der Waals surface area contributed by atoms with Crippen LogP contribution in [0.3, 0.4) is 0 Å². The molecule has 3 heterocycles. The lowest BCUT2D eigenvalue weighted by Crippen LogP contribution is -2.36. The van der Waals surface area contributed by atoms with Gasteiger partial charge >= 0.3 is 0 Å². The highest BCUT2D eigenvalue weighted by Crippen LogP contribution is 2.18. The third kappa shape index (κ3) is 2.63. The molecule has 1 fully saturated rings. The first-order valence-corrected chi connectivity index (χ1v) is 8.74. The van der Waals surface area contributed by atoms with E-state index >= 15 is 0 Å². The molecule has 1 unspecified atom stereocenters. The largest absolute Gasteiger partial charge is 0.348 e. The predicted octanol–water partition coefficient (Wildman–Crippen LogP) is -0.169. The Hall–Kier alpha value is -2.16. The summed E-state index contributed by atoms with van der Waals surface area (Å²) in [4.78, 5) is 12.6. The van der Waals surface area contributed by atoms with E-state index in [-0.39, 0.29) is 23.5 Å². The van der Waals surface area contributed by atoms with E-state index in [1.807, 2.05) is 0 Å². The Bertz CT molecular complexity index is 807. The van der Waals surface area contributed by atoms with Crippen LogP contribution in [-0.2, 0) is 16.9 Å². The van der Waals surface area contributed by atoms with Crippen LogP contribution in [0.2, 0.25) is 0 Å². The molecule has 0 spiro atoms. The van der Waals surface area contributed by atoms with Gasteiger partial charge in [-0.2, -0.15) is 10.2 Å². The molecular weight excluding hydrogens is 306 g/mol. The molecule has 1 saturated heterocycles. The number of aromatic nitrogens is 4. The Morgan fingerprint density at radius 3 is 2.82 bits per heavy atom. The van der Waals surface area contributed by atoms with Crippen molar-refractivity contribution in [2.75, 3.05) is 11.5 Å². The fourth-order valence-electron chi connectivity index (χ4n) is 2.74. The van der Waals surface area contributed by atoms with Crippen LogP contribution in [0.25, 0.3) is 5.82 Å². The molecule has 1 N–H and O–H groups in total. The highest BCUT2D eigenvalue weighted by atomic mass is 32.2. The summed E-state index contributed by atoms with van der Waals surface area (Å²) in [6, 6.07) is 1.41. The van der Waals surface area contributed by atoms with Crippen molar-refractivity contribution in [2.45, 2.75) is 19.4 Å². The van der Waals surface area contributed by atoms with Crippen molar-refractivity contribution in [1.82, 2.24) is 24.9 Å². The Morgan fingerprint density at radius 2 is 2.23 bits per heavy atom. The van der Waals surface area contributed by atoms with Crippen LogP contribution in [-0.4, -0.2) is 51.4 Å². The molecule has 0 radical (unpaired) electrons. The number of aryl methyl sites for hydroxylation is 2. The minimum atomic E-state index is -3.03. The van der Waals surface area contributed by atoms with Gasteiger partial charge in [0.25, 0.3) is 5.91 Å². The summed E-state index contributed by atoms with van der Waals surface area (Å²) in [6.07, 6.45) is 3.80. The molecule has 8 nitrogen and oxygen atoms in total. The standard InChI is InChI=1S/C13H17N5O3S/c1-9-11(12(19)15-10-4-7-22(20,21)8-10)13(17(2)16-9)18-6-3-5-14-18/h3,5-6,10H,4,7-8H2,1-2H3,(H,15,19). The van der Waals surface area contributed by atoms with Gasteiger partial charge in [-0.1, -0.05) is 0 Å². The number of carbonyl (C=O) groups excluding carboxylic acids is 1. The molecule has 1 aliphatic heterocycles. The fraction of sp³-hybridized carbons (Fsp3) is 0.462. The molecule has 0 aromatic carbocycles. The smallest absolute Gasteiger partial charge is 0.257 e. The molecule has 118 valence electrons. The van der Waals surface area contributed by atoms with Gasteiger partial charge in [0.05, 0.1) is 17.2 Å². The highest BCUT2D eigenvalue weighted by Gasteiger charge is 2.31. The van der Waals surface area contributed by atoms with Gasteiger partial charge in [-0.15, -0.1) is 0 Å². The normalized spacial score (nSPS) is 20.2. The number of hydrogen-bond acceptors (Lipinski definition) is 5. The second-order valence-corrected chi connectivity index (χ2v) is 7.66. The first kappa shape index (κ1) is 14.8. The molecule has 3 rings (SSSR count). The lowest BCUT2D eigenvalue weighted by Gasteiger charge is -2.12. The summed E-state index contributed by atoms with van der Waals surface area (Å²) in [7, 11) is -1.30. The topological polar surface area (TPSA) is 98.9 Å². The number of nitrogens with zero attached hydrogens (tertiary/aromatic N) is 4. The van der Waals surface area contributed by atoms with Crippen molar-refractivity contribution in [3.8, 4) is 5.82 Å². The van der Waals surface area contributed by atoms with Crippen molar-refractivity contribution in [3.63, 3.8) is 0 Å². The molecule has 22 heavy (non-hydrogen) atoms. The zero-order valence-electron chi connectivity index (χ0n) is 12.4. The number of amides is 1. The lowest BCUT2D eigenvalue weighted by atomic mass is 10.2. The quantitative estimate of drug-likeness (QED) is 0.845. The number of nitrogens with one attached hydrogen (secondary N) is 1. The summed E-state index contributed by atoms with van der Waals surface area (Å²) >= 11 is 0. The molecule has 1 aliphatic rings. The second kappa shape index (κ2) is 5.24. The zero-order valence-corrected chi connectivity index (χ0v) is 13.2. The molecule has 1 amide bonds. The fourth-order valence-corrected chi connectivity index (χ4v) is 4.41. The minimum Gasteiger partial charge on any atom is -0.348 e. The molecule has 1 atom stereocenters. The number of hydrogen-bond donors (Lipinski definition) is 1. The Kier molecular flexibility index (Phi) is 3.51. The average Bonchev–Trinajstić information content (AvgIpc) is 3.09. The van der Waals surface area contributed by atoms with Crippen LogP contribution in [0, 0.1) is 6.92 Å². The minimum absolute atomic E-state index is 0.00481. The first-order chi connectivity index (χ1) is 10.4. The van der Waals surface area contributed by atoms with E-state index in [0.29, 0.717) is 23.5 Å². The zero-order chi connectivity index (χ0) is 15.9. The predicted molar refractivity (Wildman–Crippen MR) is 79.6 cm³/mol. The van der Waals surface area contributed by atoms with Gasteiger partial charge in [0.2, 0.25) is 0 Å². The van der Waals surface area contributed by atoms with Crippen molar-refractivity contribution in [1.29, 1.82) is 0 Å². The molecule has 0 bridgehead atoms. The Balaban J connectivity index is 1.90. The first-order valence-electron chi connectivity index (χ1n) is 6.92. The molecule has 9 heteroatoms. The maximum Gasteiger partial charge on any atom is 0.257 e. The lowest BCUT2D eigenvalue weighted by molar-refractivity contribution is 0.0940. The van der Waals surface area contributed by atoms with E-state index in [0.717, 1.165) is 0 Å². The van der Waals surface area contributed by atoms with Gasteiger partial charge < -0.3 is 5.32 Å². The maximum atomic E-state index is 12.6. The summed E-state index contributed by atoms with van der Waals surface area (Å²) in [6.45, 7) is 1.74. The highest BCUT2D eigenvalue weighted by molar-refractivity contribution is 7.91. The van der Waals surface area contributed by atoms with Gasteiger partial charge in [0.1, 0.15) is 5.56 Å². The van der Waals surface area contributed by atoms with Crippen LogP contribution < -0.4 is 5.32 Å². The molecular formula is C13H17N5O3S. The second-order valence-electron chi connectivity index (χ2n) is 5.43. The van der Waals surface area contributed by atoms with Crippen molar-refractivity contribution in [2.24, 2.45) is 7.05 Å². The van der Waals surface area contributed by atoms with Crippen molar-refractivity contribution in [3.05, 3.63) is 29.7 Å². The van der Waals surface area contributed by atoms with Gasteiger partial charge in [-0.3, -0.25) is 4.79 Å². The third-order valence-corrected chi connectivity index (χ3v) is 5.48. The van der Waals surface area contributed by atoms with E-state index in [1.165, 1.54) is 0 Å². The van der Waals surface area contributed by atoms with E-state index in [2.05, 4.69) is 15.5 Å². The van der Waals surface area contributed by atoms with Gasteiger partial charge in [0, 0.05) is 25.5 Å². The Morgan fingerprint density at radius 1 is 1.45 bits per heavy atom. The maximum absolute atomic E-state index is 12.6. The summed E-state index contributed by atoms with van der Waals surface area (Å²) in [5.74, 6) is 0.351.